The number of alkyl halides is 1. The fraction of sp³-hybridized carbons (Fsp3) is 0.667. The Hall–Kier alpha value is -2.58. The van der Waals surface area contributed by atoms with Crippen LogP contribution in [0.15, 0.2) is 6.20 Å². The highest BCUT2D eigenvalue weighted by Crippen LogP contribution is 2.37. The second kappa shape index (κ2) is 7.28. The first-order valence-corrected chi connectivity index (χ1v) is 10.5. The summed E-state index contributed by atoms with van der Waals surface area (Å²) in [7, 11) is 0. The quantitative estimate of drug-likeness (QED) is 0.820. The van der Waals surface area contributed by atoms with Gasteiger partial charge in [0.2, 0.25) is 0 Å². The lowest BCUT2D eigenvalue weighted by Crippen LogP contribution is -2.48. The van der Waals surface area contributed by atoms with Crippen molar-refractivity contribution >= 4 is 17.6 Å². The van der Waals surface area contributed by atoms with E-state index in [0.717, 1.165) is 17.0 Å². The monoisotopic (exact) mass is 419 g/mol. The van der Waals surface area contributed by atoms with E-state index < -0.39 is 11.3 Å². The van der Waals surface area contributed by atoms with E-state index in [1.807, 2.05) is 40.8 Å². The highest BCUT2D eigenvalue weighted by atomic mass is 19.1. The fourth-order valence-electron chi connectivity index (χ4n) is 3.95. The van der Waals surface area contributed by atoms with Crippen molar-refractivity contribution in [3.05, 3.63) is 17.5 Å². The third-order valence-corrected chi connectivity index (χ3v) is 5.47. The smallest absolute Gasteiger partial charge is 0.410 e. The number of ether oxygens (including phenoxy) is 2. The molecule has 4 rings (SSSR count). The van der Waals surface area contributed by atoms with E-state index in [2.05, 4.69) is 15.4 Å². The summed E-state index contributed by atoms with van der Waals surface area (Å²) in [6.07, 6.45) is 2.68. The maximum atomic E-state index is 15.5. The van der Waals surface area contributed by atoms with Gasteiger partial charge in [0.15, 0.2) is 17.2 Å². The predicted octanol–water partition coefficient (Wildman–Crippen LogP) is 3.51. The summed E-state index contributed by atoms with van der Waals surface area (Å²) in [6.45, 7) is 10.2. The maximum absolute atomic E-state index is 15.5. The highest BCUT2D eigenvalue weighted by Gasteiger charge is 2.38. The van der Waals surface area contributed by atoms with Gasteiger partial charge < -0.3 is 19.7 Å². The van der Waals surface area contributed by atoms with E-state index >= 15 is 4.39 Å². The van der Waals surface area contributed by atoms with Crippen LogP contribution in [0.2, 0.25) is 0 Å². The lowest BCUT2D eigenvalue weighted by molar-refractivity contribution is 0.00574. The van der Waals surface area contributed by atoms with Crippen molar-refractivity contribution < 1.29 is 18.7 Å². The Morgan fingerprint density at radius 1 is 1.40 bits per heavy atom. The molecule has 0 radical (unpaired) electrons. The number of amides is 1. The molecule has 1 amide bonds. The summed E-state index contributed by atoms with van der Waals surface area (Å²) in [6, 6.07) is 0. The zero-order valence-electron chi connectivity index (χ0n) is 18.3. The second-order valence-corrected chi connectivity index (χ2v) is 9.41. The molecule has 2 aromatic rings. The van der Waals surface area contributed by atoms with E-state index in [4.69, 9.17) is 9.47 Å². The minimum absolute atomic E-state index is 0.0296. The fourth-order valence-corrected chi connectivity index (χ4v) is 3.95. The Balaban J connectivity index is 1.44. The van der Waals surface area contributed by atoms with Gasteiger partial charge in [-0.15, -0.1) is 5.10 Å². The number of hydrogen-bond donors (Lipinski definition) is 1. The van der Waals surface area contributed by atoms with Crippen molar-refractivity contribution in [1.29, 1.82) is 0 Å². The summed E-state index contributed by atoms with van der Waals surface area (Å²) >= 11 is 0. The highest BCUT2D eigenvalue weighted by molar-refractivity contribution is 5.68. The van der Waals surface area contributed by atoms with Crippen molar-refractivity contribution in [2.75, 3.05) is 25.0 Å². The zero-order valence-corrected chi connectivity index (χ0v) is 18.3. The third-order valence-electron chi connectivity index (χ3n) is 5.47. The summed E-state index contributed by atoms with van der Waals surface area (Å²) in [5, 5.41) is 7.82. The second-order valence-electron chi connectivity index (χ2n) is 9.41. The van der Waals surface area contributed by atoms with Crippen LogP contribution in [0, 0.1) is 6.92 Å². The zero-order chi connectivity index (χ0) is 21.7. The van der Waals surface area contributed by atoms with Gasteiger partial charge in [0, 0.05) is 37.9 Å². The van der Waals surface area contributed by atoms with Crippen molar-refractivity contribution in [2.45, 2.75) is 71.3 Å². The number of hydrogen-bond acceptors (Lipinski definition) is 6. The van der Waals surface area contributed by atoms with Crippen molar-refractivity contribution in [1.82, 2.24) is 19.5 Å². The SMILES string of the molecule is Cc1cn2nc(NCC3(F)CCN(C(=O)OC(C)(C)C)CC3)c3c(c2n1)OC(C)C3. The molecule has 2 aliphatic heterocycles. The number of halogens is 1. The van der Waals surface area contributed by atoms with E-state index in [9.17, 15) is 4.79 Å². The Morgan fingerprint density at radius 2 is 2.10 bits per heavy atom. The van der Waals surface area contributed by atoms with Crippen LogP contribution >= 0.6 is 0 Å². The molecule has 0 aromatic carbocycles. The molecule has 8 nitrogen and oxygen atoms in total. The summed E-state index contributed by atoms with van der Waals surface area (Å²) in [5.41, 5.74) is 0.506. The van der Waals surface area contributed by atoms with Crippen LogP contribution in [0.3, 0.4) is 0 Å². The minimum atomic E-state index is -1.42. The molecule has 1 unspecified atom stereocenters. The molecule has 1 saturated heterocycles. The number of nitrogens with one attached hydrogen (secondary N) is 1. The third kappa shape index (κ3) is 4.15. The first kappa shape index (κ1) is 20.7. The number of nitrogens with zero attached hydrogens (tertiary/aromatic N) is 4. The summed E-state index contributed by atoms with van der Waals surface area (Å²) < 4.78 is 28.5. The molecule has 0 bridgehead atoms. The largest absolute Gasteiger partial charge is 0.486 e. The molecule has 0 saturated carbocycles. The molecular weight excluding hydrogens is 389 g/mol. The van der Waals surface area contributed by atoms with Gasteiger partial charge in [0.25, 0.3) is 0 Å². The van der Waals surface area contributed by atoms with E-state index in [1.54, 1.807) is 9.42 Å². The first-order chi connectivity index (χ1) is 14.0. The van der Waals surface area contributed by atoms with Crippen LogP contribution in [0.5, 0.6) is 5.75 Å². The minimum Gasteiger partial charge on any atom is -0.486 e. The van der Waals surface area contributed by atoms with Gasteiger partial charge in [0.05, 0.1) is 18.4 Å². The first-order valence-electron chi connectivity index (χ1n) is 10.5. The average Bonchev–Trinajstić information content (AvgIpc) is 3.20. The Morgan fingerprint density at radius 3 is 2.77 bits per heavy atom. The lowest BCUT2D eigenvalue weighted by Gasteiger charge is -2.37. The number of imidazole rings is 1. The number of anilines is 1. The van der Waals surface area contributed by atoms with Gasteiger partial charge in [0.1, 0.15) is 17.4 Å². The molecule has 1 N–H and O–H groups in total. The van der Waals surface area contributed by atoms with Crippen molar-refractivity contribution in [3.63, 3.8) is 0 Å². The molecule has 30 heavy (non-hydrogen) atoms. The number of piperidine rings is 1. The number of rotatable bonds is 3. The molecule has 0 aliphatic carbocycles. The number of carbonyl (C=O) groups is 1. The lowest BCUT2D eigenvalue weighted by atomic mass is 9.93. The normalized spacial score (nSPS) is 20.7. The molecule has 9 heteroatoms. The maximum Gasteiger partial charge on any atom is 0.410 e. The van der Waals surface area contributed by atoms with E-state index in [-0.39, 0.29) is 31.6 Å². The van der Waals surface area contributed by atoms with Crippen LogP contribution in [0.1, 0.15) is 51.8 Å². The van der Waals surface area contributed by atoms with Gasteiger partial charge in [-0.3, -0.25) is 0 Å². The van der Waals surface area contributed by atoms with Gasteiger partial charge in [-0.05, 0) is 34.6 Å². The van der Waals surface area contributed by atoms with Crippen molar-refractivity contribution in [2.24, 2.45) is 0 Å². The van der Waals surface area contributed by atoms with E-state index in [1.165, 1.54) is 0 Å². The van der Waals surface area contributed by atoms with E-state index in [0.29, 0.717) is 31.0 Å². The van der Waals surface area contributed by atoms with Crippen LogP contribution in [0.25, 0.3) is 5.65 Å². The molecule has 1 atom stereocenters. The Bertz CT molecular complexity index is 960. The standard InChI is InChI=1S/C21H30FN5O3/c1-13-11-27-18(24-13)16-15(10-14(2)29-16)17(25-27)23-12-21(22)6-8-26(9-7-21)19(28)30-20(3,4)5/h11,14H,6-10,12H2,1-5H3,(H,23,25). The van der Waals surface area contributed by atoms with Gasteiger partial charge >= 0.3 is 6.09 Å². The number of aromatic nitrogens is 3. The van der Waals surface area contributed by atoms with Gasteiger partial charge in [-0.25, -0.2) is 18.7 Å². The predicted molar refractivity (Wildman–Crippen MR) is 111 cm³/mol. The van der Waals surface area contributed by atoms with Gasteiger partial charge in [-0.2, -0.15) is 0 Å². The number of likely N-dealkylation sites (tertiary alicyclic amines) is 1. The summed E-state index contributed by atoms with van der Waals surface area (Å²) in [4.78, 5) is 18.3. The molecule has 1 fully saturated rings. The van der Waals surface area contributed by atoms with Crippen LogP contribution in [-0.2, 0) is 11.2 Å². The molecule has 2 aliphatic rings. The van der Waals surface area contributed by atoms with Crippen LogP contribution in [0.4, 0.5) is 15.0 Å². The number of aryl methyl sites for hydroxylation is 1. The van der Waals surface area contributed by atoms with Crippen LogP contribution < -0.4 is 10.1 Å². The molecule has 2 aromatic heterocycles. The number of fused-ring (bicyclic) bond motifs is 3. The molecule has 164 valence electrons. The Kier molecular flexibility index (Phi) is 5.02. The Labute approximate surface area is 175 Å². The molecule has 4 heterocycles. The van der Waals surface area contributed by atoms with Gasteiger partial charge in [-0.1, -0.05) is 0 Å². The summed E-state index contributed by atoms with van der Waals surface area (Å²) in [5.74, 6) is 1.35. The number of carbonyl (C=O) groups excluding carboxylic acids is 1. The molecular formula is C21H30FN5O3. The van der Waals surface area contributed by atoms with Crippen molar-refractivity contribution in [3.8, 4) is 5.75 Å². The van der Waals surface area contributed by atoms with Crippen LogP contribution in [-0.4, -0.2) is 62.6 Å². The molecule has 0 spiro atoms. The average molecular weight is 420 g/mol. The topological polar surface area (TPSA) is 81.0 Å².